The summed E-state index contributed by atoms with van der Waals surface area (Å²) in [6, 6.07) is 0.615. The lowest BCUT2D eigenvalue weighted by molar-refractivity contribution is -0.128. The molecule has 0 spiro atoms. The van der Waals surface area contributed by atoms with Gasteiger partial charge in [-0.05, 0) is 13.3 Å². The number of aliphatic imine (C=N–C) groups is 1. The summed E-state index contributed by atoms with van der Waals surface area (Å²) in [5.41, 5.74) is -0.347. The zero-order valence-electron chi connectivity index (χ0n) is 16.0. The van der Waals surface area contributed by atoms with Crippen molar-refractivity contribution in [3.63, 3.8) is 0 Å². The van der Waals surface area contributed by atoms with Crippen LogP contribution in [0.25, 0.3) is 0 Å². The van der Waals surface area contributed by atoms with Gasteiger partial charge in [-0.15, -0.1) is 24.0 Å². The van der Waals surface area contributed by atoms with E-state index in [1.54, 1.807) is 0 Å². The van der Waals surface area contributed by atoms with Crippen LogP contribution in [0.4, 0.5) is 0 Å². The summed E-state index contributed by atoms with van der Waals surface area (Å²) >= 11 is 0. The second kappa shape index (κ2) is 10.4. The smallest absolute Gasteiger partial charge is 0.225 e. The van der Waals surface area contributed by atoms with Crippen molar-refractivity contribution in [2.24, 2.45) is 10.4 Å². The molecule has 1 unspecified atom stereocenters. The van der Waals surface area contributed by atoms with E-state index in [4.69, 9.17) is 4.99 Å². The molecule has 0 radical (unpaired) electrons. The Morgan fingerprint density at radius 2 is 1.92 bits per heavy atom. The highest BCUT2D eigenvalue weighted by atomic mass is 127. The highest BCUT2D eigenvalue weighted by molar-refractivity contribution is 14.0. The predicted octanol–water partition coefficient (Wildman–Crippen LogP) is 1.68. The van der Waals surface area contributed by atoms with Crippen LogP contribution in [0.2, 0.25) is 0 Å². The first-order valence-corrected chi connectivity index (χ1v) is 9.12. The van der Waals surface area contributed by atoms with E-state index in [9.17, 15) is 4.79 Å². The van der Waals surface area contributed by atoms with E-state index in [-0.39, 0.29) is 35.3 Å². The van der Waals surface area contributed by atoms with Gasteiger partial charge in [0.05, 0.1) is 6.54 Å². The van der Waals surface area contributed by atoms with Gasteiger partial charge in [-0.2, -0.15) is 0 Å². The molecule has 2 aliphatic rings. The lowest BCUT2D eigenvalue weighted by Gasteiger charge is -2.25. The normalized spacial score (nSPS) is 21.4. The molecular weight excluding hydrogens is 429 g/mol. The van der Waals surface area contributed by atoms with Crippen LogP contribution < -0.4 is 10.6 Å². The van der Waals surface area contributed by atoms with E-state index >= 15 is 0 Å². The minimum Gasteiger partial charge on any atom is -0.357 e. The van der Waals surface area contributed by atoms with Crippen molar-refractivity contribution in [3.8, 4) is 0 Å². The maximum atomic E-state index is 11.9. The first-order valence-electron chi connectivity index (χ1n) is 9.12. The van der Waals surface area contributed by atoms with E-state index in [1.807, 2.05) is 20.8 Å². The van der Waals surface area contributed by atoms with Crippen molar-refractivity contribution in [3.05, 3.63) is 12.2 Å². The number of amides is 1. The van der Waals surface area contributed by atoms with Crippen molar-refractivity contribution in [1.82, 2.24) is 20.4 Å². The van der Waals surface area contributed by atoms with Crippen molar-refractivity contribution in [1.29, 1.82) is 0 Å². The van der Waals surface area contributed by atoms with Crippen LogP contribution in [-0.4, -0.2) is 73.5 Å². The van der Waals surface area contributed by atoms with E-state index in [0.717, 1.165) is 38.7 Å². The van der Waals surface area contributed by atoms with E-state index in [1.165, 1.54) is 6.42 Å². The molecule has 7 heteroatoms. The highest BCUT2D eigenvalue weighted by Crippen LogP contribution is 2.18. The lowest BCUT2D eigenvalue weighted by Crippen LogP contribution is -2.43. The molecule has 25 heavy (non-hydrogen) atoms. The number of nitrogens with zero attached hydrogens (tertiary/aromatic N) is 3. The summed E-state index contributed by atoms with van der Waals surface area (Å²) in [5.74, 6) is 1.04. The first-order chi connectivity index (χ1) is 11.4. The zero-order chi connectivity index (χ0) is 17.6. The van der Waals surface area contributed by atoms with Crippen molar-refractivity contribution >= 4 is 35.8 Å². The second-order valence-electron chi connectivity index (χ2n) is 7.56. The van der Waals surface area contributed by atoms with Gasteiger partial charge in [0.2, 0.25) is 5.91 Å². The minimum absolute atomic E-state index is 0. The Hall–Kier alpha value is -0.830. The SMILES string of the molecule is CCNC(=NCCNC(=O)C(C)(C)C)N1CCC(N2CC=CC2)C1.I. The summed E-state index contributed by atoms with van der Waals surface area (Å²) in [6.07, 6.45) is 5.69. The Balaban J connectivity index is 0.00000312. The van der Waals surface area contributed by atoms with Gasteiger partial charge in [0, 0.05) is 50.7 Å². The summed E-state index contributed by atoms with van der Waals surface area (Å²) in [6.45, 7) is 14.1. The Bertz CT molecular complexity index is 478. The van der Waals surface area contributed by atoms with Crippen LogP contribution in [0.1, 0.15) is 34.1 Å². The fraction of sp³-hybridized carbons (Fsp3) is 0.778. The van der Waals surface area contributed by atoms with Gasteiger partial charge in [-0.25, -0.2) is 0 Å². The van der Waals surface area contributed by atoms with Crippen molar-refractivity contribution < 1.29 is 4.79 Å². The van der Waals surface area contributed by atoms with Gasteiger partial charge in [0.1, 0.15) is 0 Å². The average Bonchev–Trinajstić information content (AvgIpc) is 3.19. The zero-order valence-corrected chi connectivity index (χ0v) is 18.4. The number of likely N-dealkylation sites (tertiary alicyclic amines) is 1. The number of carbonyl (C=O) groups excluding carboxylic acids is 1. The molecular formula is C18H34IN5O. The molecule has 2 rings (SSSR count). The van der Waals surface area contributed by atoms with Crippen LogP contribution >= 0.6 is 24.0 Å². The topological polar surface area (TPSA) is 60.0 Å². The number of hydrogen-bond acceptors (Lipinski definition) is 3. The predicted molar refractivity (Wildman–Crippen MR) is 115 cm³/mol. The van der Waals surface area contributed by atoms with Gasteiger partial charge in [0.25, 0.3) is 0 Å². The van der Waals surface area contributed by atoms with Crippen LogP contribution in [-0.2, 0) is 4.79 Å². The summed E-state index contributed by atoms with van der Waals surface area (Å²) < 4.78 is 0. The Labute approximate surface area is 169 Å². The highest BCUT2D eigenvalue weighted by Gasteiger charge is 2.29. The Kier molecular flexibility index (Phi) is 9.20. The number of hydrogen-bond donors (Lipinski definition) is 2. The molecule has 144 valence electrons. The maximum absolute atomic E-state index is 11.9. The molecule has 2 heterocycles. The standard InChI is InChI=1S/C18H33N5O.HI/c1-5-19-17(21-10-9-20-16(24)18(2,3)4)23-13-8-15(14-23)22-11-6-7-12-22;/h6-7,15H,5,8-14H2,1-4H3,(H,19,21)(H,20,24);1H. The minimum atomic E-state index is -0.347. The maximum Gasteiger partial charge on any atom is 0.225 e. The van der Waals surface area contributed by atoms with Gasteiger partial charge in [-0.3, -0.25) is 14.7 Å². The molecule has 0 aromatic heterocycles. The number of nitrogens with one attached hydrogen (secondary N) is 2. The first kappa shape index (κ1) is 22.2. The van der Waals surface area contributed by atoms with E-state index in [2.05, 4.69) is 39.5 Å². The quantitative estimate of drug-likeness (QED) is 0.214. The fourth-order valence-electron chi connectivity index (χ4n) is 3.05. The van der Waals surface area contributed by atoms with Crippen LogP contribution in [0.15, 0.2) is 17.1 Å². The van der Waals surface area contributed by atoms with Gasteiger partial charge < -0.3 is 15.5 Å². The number of guanidine groups is 1. The molecule has 1 amide bonds. The van der Waals surface area contributed by atoms with Crippen LogP contribution in [0.5, 0.6) is 0 Å². The third-order valence-corrected chi connectivity index (χ3v) is 4.50. The molecule has 0 aromatic carbocycles. The monoisotopic (exact) mass is 463 g/mol. The van der Waals surface area contributed by atoms with Crippen molar-refractivity contribution in [2.45, 2.75) is 40.2 Å². The summed E-state index contributed by atoms with van der Waals surface area (Å²) in [5, 5.41) is 6.34. The lowest BCUT2D eigenvalue weighted by atomic mass is 9.96. The number of carbonyl (C=O) groups is 1. The molecule has 1 fully saturated rings. The van der Waals surface area contributed by atoms with E-state index < -0.39 is 0 Å². The van der Waals surface area contributed by atoms with Crippen LogP contribution in [0, 0.1) is 5.41 Å². The molecule has 0 bridgehead atoms. The molecule has 0 aliphatic carbocycles. The Morgan fingerprint density at radius 3 is 2.52 bits per heavy atom. The molecule has 1 atom stereocenters. The fourth-order valence-corrected chi connectivity index (χ4v) is 3.05. The number of rotatable bonds is 5. The molecule has 0 saturated carbocycles. The molecule has 2 N–H and O–H groups in total. The van der Waals surface area contributed by atoms with Gasteiger partial charge in [0.15, 0.2) is 5.96 Å². The Morgan fingerprint density at radius 1 is 1.24 bits per heavy atom. The third-order valence-electron chi connectivity index (χ3n) is 4.50. The average molecular weight is 463 g/mol. The largest absolute Gasteiger partial charge is 0.357 e. The molecule has 1 saturated heterocycles. The second-order valence-corrected chi connectivity index (χ2v) is 7.56. The third kappa shape index (κ3) is 6.77. The van der Waals surface area contributed by atoms with E-state index in [0.29, 0.717) is 19.1 Å². The van der Waals surface area contributed by atoms with Gasteiger partial charge in [-0.1, -0.05) is 32.9 Å². The summed E-state index contributed by atoms with van der Waals surface area (Å²) in [7, 11) is 0. The molecule has 6 nitrogen and oxygen atoms in total. The van der Waals surface area contributed by atoms with Gasteiger partial charge >= 0.3 is 0 Å². The number of halogens is 1. The van der Waals surface area contributed by atoms with Crippen molar-refractivity contribution in [2.75, 3.05) is 45.8 Å². The summed E-state index contributed by atoms with van der Waals surface area (Å²) in [4.78, 5) is 21.4. The molecule has 2 aliphatic heterocycles. The van der Waals surface area contributed by atoms with Crippen LogP contribution in [0.3, 0.4) is 0 Å². The molecule has 0 aromatic rings.